The van der Waals surface area contributed by atoms with Gasteiger partial charge in [0, 0.05) is 43.4 Å². The third-order valence-corrected chi connectivity index (χ3v) is 5.44. The normalized spacial score (nSPS) is 11.7. The Morgan fingerprint density at radius 1 is 1.29 bits per heavy atom. The van der Waals surface area contributed by atoms with Crippen LogP contribution in [0.2, 0.25) is 0 Å². The number of aryl methyl sites for hydroxylation is 1. The summed E-state index contributed by atoms with van der Waals surface area (Å²) >= 11 is 1.76. The topological polar surface area (TPSA) is 54.7 Å². The highest BCUT2D eigenvalue weighted by atomic mass is 32.2. The minimum atomic E-state index is 0.614. The Hall–Kier alpha value is -1.99. The molecule has 1 N–H and O–H groups in total. The van der Waals surface area contributed by atoms with E-state index >= 15 is 0 Å². The van der Waals surface area contributed by atoms with Crippen molar-refractivity contribution in [1.82, 2.24) is 20.0 Å². The van der Waals surface area contributed by atoms with Crippen molar-refractivity contribution in [3.63, 3.8) is 0 Å². The lowest BCUT2D eigenvalue weighted by Gasteiger charge is -2.22. The maximum Gasteiger partial charge on any atom is 0.194 e. The number of hydrogen-bond acceptors (Lipinski definition) is 4. The zero-order chi connectivity index (χ0) is 20.5. The predicted molar refractivity (Wildman–Crippen MR) is 118 cm³/mol. The van der Waals surface area contributed by atoms with Crippen LogP contribution in [-0.2, 0) is 24.4 Å². The van der Waals surface area contributed by atoms with E-state index in [-0.39, 0.29) is 0 Å². The number of methoxy groups -OCH3 is 1. The number of nitrogens with zero attached hydrogens (tertiary/aromatic N) is 4. The third-order valence-electron chi connectivity index (χ3n) is 4.70. The van der Waals surface area contributed by atoms with Crippen LogP contribution in [0, 0.1) is 13.8 Å². The fourth-order valence-corrected chi connectivity index (χ4v) is 3.47. The molecule has 1 aromatic heterocycles. The molecule has 0 spiro atoms. The van der Waals surface area contributed by atoms with Crippen molar-refractivity contribution in [2.75, 3.05) is 33.6 Å². The van der Waals surface area contributed by atoms with Gasteiger partial charge in [-0.1, -0.05) is 12.1 Å². The van der Waals surface area contributed by atoms with E-state index in [1.165, 1.54) is 16.0 Å². The van der Waals surface area contributed by atoms with Gasteiger partial charge >= 0.3 is 0 Å². The molecule has 0 saturated carbocycles. The first-order chi connectivity index (χ1) is 13.5. The van der Waals surface area contributed by atoms with Crippen molar-refractivity contribution in [3.05, 3.63) is 46.8 Å². The number of hydrogen-bond donors (Lipinski definition) is 1. The molecule has 1 aromatic carbocycles. The van der Waals surface area contributed by atoms with Crippen LogP contribution in [0.5, 0.6) is 0 Å². The van der Waals surface area contributed by atoms with Gasteiger partial charge < -0.3 is 15.0 Å². The highest BCUT2D eigenvalue weighted by molar-refractivity contribution is 7.98. The summed E-state index contributed by atoms with van der Waals surface area (Å²) in [6.07, 6.45) is 2.10. The molecule has 2 rings (SSSR count). The Balaban J connectivity index is 2.11. The van der Waals surface area contributed by atoms with Gasteiger partial charge in [-0.15, -0.1) is 11.8 Å². The summed E-state index contributed by atoms with van der Waals surface area (Å²) in [5, 5.41) is 8.03. The van der Waals surface area contributed by atoms with Crippen LogP contribution in [0.15, 0.2) is 34.2 Å². The highest BCUT2D eigenvalue weighted by Crippen LogP contribution is 2.17. The second-order valence-corrected chi connectivity index (χ2v) is 7.62. The van der Waals surface area contributed by atoms with Gasteiger partial charge in [0.15, 0.2) is 5.96 Å². The number of benzene rings is 1. The van der Waals surface area contributed by atoms with Gasteiger partial charge in [-0.2, -0.15) is 5.10 Å². The average molecular weight is 404 g/mol. The summed E-state index contributed by atoms with van der Waals surface area (Å²) in [7, 11) is 3.79. The first-order valence-corrected chi connectivity index (χ1v) is 10.9. The highest BCUT2D eigenvalue weighted by Gasteiger charge is 2.12. The molecule has 0 aliphatic rings. The molecule has 28 heavy (non-hydrogen) atoms. The van der Waals surface area contributed by atoms with E-state index < -0.39 is 0 Å². The molecule has 0 atom stereocenters. The van der Waals surface area contributed by atoms with Gasteiger partial charge in [-0.25, -0.2) is 4.99 Å². The summed E-state index contributed by atoms with van der Waals surface area (Å²) in [6, 6.07) is 8.69. The monoisotopic (exact) mass is 403 g/mol. The van der Waals surface area contributed by atoms with Gasteiger partial charge in [-0.3, -0.25) is 4.68 Å². The molecule has 6 nitrogen and oxygen atoms in total. The molecular formula is C21H33N5OS. The van der Waals surface area contributed by atoms with Crippen molar-refractivity contribution in [2.45, 2.75) is 45.3 Å². The molecule has 0 radical (unpaired) electrons. The van der Waals surface area contributed by atoms with Crippen molar-refractivity contribution >= 4 is 17.7 Å². The molecule has 154 valence electrons. The number of ether oxygens (including phenoxy) is 1. The van der Waals surface area contributed by atoms with Crippen molar-refractivity contribution < 1.29 is 4.74 Å². The van der Waals surface area contributed by atoms with E-state index in [0.717, 1.165) is 37.0 Å². The number of thioether (sulfide) groups is 1. The Morgan fingerprint density at radius 3 is 2.61 bits per heavy atom. The van der Waals surface area contributed by atoms with Gasteiger partial charge in [0.1, 0.15) is 0 Å². The van der Waals surface area contributed by atoms with Gasteiger partial charge in [0.2, 0.25) is 0 Å². The van der Waals surface area contributed by atoms with E-state index in [0.29, 0.717) is 13.2 Å². The first kappa shape index (κ1) is 22.3. The van der Waals surface area contributed by atoms with Gasteiger partial charge in [0.05, 0.1) is 25.4 Å². The van der Waals surface area contributed by atoms with Crippen LogP contribution < -0.4 is 5.32 Å². The fraction of sp³-hybridized carbons (Fsp3) is 0.524. The van der Waals surface area contributed by atoms with Crippen molar-refractivity contribution in [3.8, 4) is 0 Å². The number of nitrogens with one attached hydrogen (secondary N) is 1. The maximum absolute atomic E-state index is 5.18. The zero-order valence-electron chi connectivity index (χ0n) is 18.0. The van der Waals surface area contributed by atoms with Crippen LogP contribution in [-0.4, -0.2) is 54.2 Å². The summed E-state index contributed by atoms with van der Waals surface area (Å²) < 4.78 is 7.18. The standard InChI is InChI=1S/C21H33N5OS/c1-7-22-21(25(4)15-18-8-10-19(28-6)11-9-18)23-14-20-16(2)24-26(17(20)3)12-13-27-5/h8-11H,7,12-15H2,1-6H3,(H,22,23). The Labute approximate surface area is 173 Å². The first-order valence-electron chi connectivity index (χ1n) is 9.64. The molecule has 7 heteroatoms. The summed E-state index contributed by atoms with van der Waals surface area (Å²) in [4.78, 5) is 8.32. The molecule has 2 aromatic rings. The summed E-state index contributed by atoms with van der Waals surface area (Å²) in [6.45, 7) is 9.92. The number of guanidine groups is 1. The number of aromatic nitrogens is 2. The second-order valence-electron chi connectivity index (χ2n) is 6.74. The van der Waals surface area contributed by atoms with E-state index in [1.807, 2.05) is 11.6 Å². The maximum atomic E-state index is 5.18. The molecule has 1 heterocycles. The third kappa shape index (κ3) is 6.01. The zero-order valence-corrected chi connectivity index (χ0v) is 18.8. The Bertz CT molecular complexity index is 770. The average Bonchev–Trinajstić information content (AvgIpc) is 2.97. The van der Waals surface area contributed by atoms with E-state index in [2.05, 4.69) is 66.7 Å². The lowest BCUT2D eigenvalue weighted by Crippen LogP contribution is -2.38. The van der Waals surface area contributed by atoms with Crippen molar-refractivity contribution in [1.29, 1.82) is 0 Å². The minimum Gasteiger partial charge on any atom is -0.383 e. The molecular weight excluding hydrogens is 370 g/mol. The summed E-state index contributed by atoms with van der Waals surface area (Å²) in [5.41, 5.74) is 4.64. The fourth-order valence-electron chi connectivity index (χ4n) is 3.06. The van der Waals surface area contributed by atoms with E-state index in [4.69, 9.17) is 9.73 Å². The van der Waals surface area contributed by atoms with E-state index in [1.54, 1.807) is 18.9 Å². The van der Waals surface area contributed by atoms with Crippen LogP contribution in [0.3, 0.4) is 0 Å². The van der Waals surface area contributed by atoms with Crippen LogP contribution >= 0.6 is 11.8 Å². The summed E-state index contributed by atoms with van der Waals surface area (Å²) in [5.74, 6) is 0.903. The SMILES string of the molecule is CCNC(=NCc1c(C)nn(CCOC)c1C)N(C)Cc1ccc(SC)cc1. The molecule has 0 aliphatic heterocycles. The number of aliphatic imine (C=N–C) groups is 1. The van der Waals surface area contributed by atoms with Gasteiger partial charge in [-0.05, 0) is 44.7 Å². The molecule has 0 saturated heterocycles. The smallest absolute Gasteiger partial charge is 0.194 e. The number of rotatable bonds is 9. The Kier molecular flexibility index (Phi) is 8.86. The largest absolute Gasteiger partial charge is 0.383 e. The molecule has 0 fully saturated rings. The van der Waals surface area contributed by atoms with Crippen LogP contribution in [0.25, 0.3) is 0 Å². The van der Waals surface area contributed by atoms with Crippen LogP contribution in [0.4, 0.5) is 0 Å². The lowest BCUT2D eigenvalue weighted by atomic mass is 10.2. The minimum absolute atomic E-state index is 0.614. The molecule has 0 bridgehead atoms. The molecule has 0 aliphatic carbocycles. The molecule has 0 amide bonds. The quantitative estimate of drug-likeness (QED) is 0.395. The second kappa shape index (κ2) is 11.1. The van der Waals surface area contributed by atoms with Crippen LogP contribution in [0.1, 0.15) is 29.4 Å². The van der Waals surface area contributed by atoms with E-state index in [9.17, 15) is 0 Å². The van der Waals surface area contributed by atoms with Gasteiger partial charge in [0.25, 0.3) is 0 Å². The lowest BCUT2D eigenvalue weighted by molar-refractivity contribution is 0.182. The van der Waals surface area contributed by atoms with Crippen molar-refractivity contribution in [2.24, 2.45) is 4.99 Å². The molecule has 0 unspecified atom stereocenters. The Morgan fingerprint density at radius 2 is 2.00 bits per heavy atom. The predicted octanol–water partition coefficient (Wildman–Crippen LogP) is 3.47.